The zero-order valence-electron chi connectivity index (χ0n) is 12.9. The molecule has 0 fully saturated rings. The zero-order valence-corrected chi connectivity index (χ0v) is 13.7. The number of carbonyl (C=O) groups is 1. The lowest BCUT2D eigenvalue weighted by Gasteiger charge is -2.10. The van der Waals surface area contributed by atoms with Crippen LogP contribution >= 0.6 is 11.3 Å². The van der Waals surface area contributed by atoms with Gasteiger partial charge in [0.05, 0.1) is 16.7 Å². The summed E-state index contributed by atoms with van der Waals surface area (Å²) in [4.78, 5) is 36.0. The van der Waals surface area contributed by atoms with Crippen molar-refractivity contribution in [3.05, 3.63) is 75.5 Å². The van der Waals surface area contributed by atoms with E-state index in [1.54, 1.807) is 41.9 Å². The molecule has 0 radical (unpaired) electrons. The van der Waals surface area contributed by atoms with Crippen LogP contribution < -0.4 is 10.9 Å². The highest BCUT2D eigenvalue weighted by Crippen LogP contribution is 2.25. The third-order valence-corrected chi connectivity index (χ3v) is 4.43. The monoisotopic (exact) mass is 348 g/mol. The average Bonchev–Trinajstić information content (AvgIpc) is 3.17. The number of hydrogen-bond acceptors (Lipinski definition) is 5. The number of aromatic nitrogens is 3. The van der Waals surface area contributed by atoms with Gasteiger partial charge in [-0.25, -0.2) is 9.97 Å². The maximum atomic E-state index is 12.5. The third-order valence-electron chi connectivity index (χ3n) is 3.66. The van der Waals surface area contributed by atoms with E-state index in [2.05, 4.69) is 20.3 Å². The molecule has 4 rings (SSSR count). The number of nitrogens with zero attached hydrogens (tertiary/aromatic N) is 2. The van der Waals surface area contributed by atoms with E-state index in [0.717, 1.165) is 0 Å². The SMILES string of the molecule is O=C(Nc1ccccc1-c1nc2ccccc2[nH]c1=O)c1nccs1. The Morgan fingerprint density at radius 1 is 1.08 bits per heavy atom. The highest BCUT2D eigenvalue weighted by atomic mass is 32.1. The Morgan fingerprint density at radius 3 is 2.72 bits per heavy atom. The van der Waals surface area contributed by atoms with Crippen LogP contribution in [0.2, 0.25) is 0 Å². The topological polar surface area (TPSA) is 87.7 Å². The van der Waals surface area contributed by atoms with Crippen LogP contribution in [0.5, 0.6) is 0 Å². The number of carbonyl (C=O) groups excluding carboxylic acids is 1. The second-order valence-corrected chi connectivity index (χ2v) is 6.16. The molecular weight excluding hydrogens is 336 g/mol. The first-order chi connectivity index (χ1) is 12.2. The standard InChI is InChI=1S/C18H12N4O2S/c23-16-15(20-13-7-3-4-8-14(13)22-16)11-5-1-2-6-12(11)21-17(24)18-19-9-10-25-18/h1-10H,(H,21,24)(H,22,23). The summed E-state index contributed by atoms with van der Waals surface area (Å²) in [6, 6.07) is 14.4. The van der Waals surface area contributed by atoms with Crippen LogP contribution in [0.1, 0.15) is 9.80 Å². The first-order valence-electron chi connectivity index (χ1n) is 7.52. The Hall–Kier alpha value is -3.32. The summed E-state index contributed by atoms with van der Waals surface area (Å²) in [6.07, 6.45) is 1.57. The van der Waals surface area contributed by atoms with Crippen molar-refractivity contribution in [2.45, 2.75) is 0 Å². The molecule has 0 unspecified atom stereocenters. The van der Waals surface area contributed by atoms with E-state index >= 15 is 0 Å². The molecular formula is C18H12N4O2S. The summed E-state index contributed by atoms with van der Waals surface area (Å²) >= 11 is 1.25. The average molecular weight is 348 g/mol. The zero-order chi connectivity index (χ0) is 17.2. The number of fused-ring (bicyclic) bond motifs is 1. The summed E-state index contributed by atoms with van der Waals surface area (Å²) in [6.45, 7) is 0. The molecule has 2 aromatic heterocycles. The van der Waals surface area contributed by atoms with Crippen LogP contribution in [-0.2, 0) is 0 Å². The molecule has 7 heteroatoms. The van der Waals surface area contributed by atoms with Gasteiger partial charge < -0.3 is 10.3 Å². The molecule has 0 aliphatic rings. The van der Waals surface area contributed by atoms with Gasteiger partial charge >= 0.3 is 0 Å². The minimum absolute atomic E-state index is 0.258. The fourth-order valence-electron chi connectivity index (χ4n) is 2.52. The number of amides is 1. The first kappa shape index (κ1) is 15.2. The normalized spacial score (nSPS) is 10.7. The van der Waals surface area contributed by atoms with Crippen LogP contribution in [0.3, 0.4) is 0 Å². The lowest BCUT2D eigenvalue weighted by atomic mass is 10.1. The van der Waals surface area contributed by atoms with Gasteiger partial charge in [-0.2, -0.15) is 0 Å². The number of para-hydroxylation sites is 3. The van der Waals surface area contributed by atoms with Gasteiger partial charge in [-0.05, 0) is 18.2 Å². The van der Waals surface area contributed by atoms with E-state index < -0.39 is 0 Å². The van der Waals surface area contributed by atoms with Gasteiger partial charge in [-0.3, -0.25) is 9.59 Å². The molecule has 0 aliphatic heterocycles. The first-order valence-corrected chi connectivity index (χ1v) is 8.39. The summed E-state index contributed by atoms with van der Waals surface area (Å²) < 4.78 is 0. The lowest BCUT2D eigenvalue weighted by molar-refractivity contribution is 0.102. The van der Waals surface area contributed by atoms with E-state index in [9.17, 15) is 9.59 Å². The van der Waals surface area contributed by atoms with Gasteiger partial charge in [0.25, 0.3) is 11.5 Å². The summed E-state index contributed by atoms with van der Waals surface area (Å²) in [5.41, 5.74) is 2.36. The van der Waals surface area contributed by atoms with E-state index in [-0.39, 0.29) is 17.2 Å². The van der Waals surface area contributed by atoms with Crippen LogP contribution in [-0.4, -0.2) is 20.9 Å². The largest absolute Gasteiger partial charge is 0.319 e. The molecule has 122 valence electrons. The second-order valence-electron chi connectivity index (χ2n) is 5.27. The van der Waals surface area contributed by atoms with Crippen molar-refractivity contribution in [1.29, 1.82) is 0 Å². The van der Waals surface area contributed by atoms with E-state index in [4.69, 9.17) is 0 Å². The molecule has 2 heterocycles. The minimum atomic E-state index is -0.320. The molecule has 0 saturated carbocycles. The van der Waals surface area contributed by atoms with Crippen LogP contribution in [0.25, 0.3) is 22.3 Å². The Balaban J connectivity index is 1.80. The van der Waals surface area contributed by atoms with E-state index in [0.29, 0.717) is 27.3 Å². The Kier molecular flexibility index (Phi) is 3.83. The Morgan fingerprint density at radius 2 is 1.88 bits per heavy atom. The third kappa shape index (κ3) is 2.92. The predicted molar refractivity (Wildman–Crippen MR) is 97.9 cm³/mol. The maximum Gasteiger partial charge on any atom is 0.284 e. The smallest absolute Gasteiger partial charge is 0.284 e. The van der Waals surface area contributed by atoms with E-state index in [1.165, 1.54) is 11.3 Å². The molecule has 0 bridgehead atoms. The number of hydrogen-bond donors (Lipinski definition) is 2. The quantitative estimate of drug-likeness (QED) is 0.595. The molecule has 0 aliphatic carbocycles. The molecule has 4 aromatic rings. The van der Waals surface area contributed by atoms with Gasteiger partial charge in [-0.1, -0.05) is 30.3 Å². The van der Waals surface area contributed by atoms with Crippen molar-refractivity contribution in [3.63, 3.8) is 0 Å². The number of nitrogens with one attached hydrogen (secondary N) is 2. The van der Waals surface area contributed by atoms with Crippen LogP contribution in [0, 0.1) is 0 Å². The van der Waals surface area contributed by atoms with Crippen LogP contribution in [0.4, 0.5) is 5.69 Å². The fraction of sp³-hybridized carbons (Fsp3) is 0. The molecule has 0 saturated heterocycles. The van der Waals surface area contributed by atoms with Gasteiger partial charge in [0, 0.05) is 17.1 Å². The second kappa shape index (κ2) is 6.29. The predicted octanol–water partition coefficient (Wildman–Crippen LogP) is 3.30. The minimum Gasteiger partial charge on any atom is -0.319 e. The summed E-state index contributed by atoms with van der Waals surface area (Å²) in [7, 11) is 0. The number of anilines is 1. The molecule has 0 atom stereocenters. The highest BCUT2D eigenvalue weighted by Gasteiger charge is 2.15. The number of rotatable bonds is 3. The van der Waals surface area contributed by atoms with Crippen molar-refractivity contribution in [2.75, 3.05) is 5.32 Å². The van der Waals surface area contributed by atoms with Crippen molar-refractivity contribution in [1.82, 2.24) is 15.0 Å². The molecule has 0 spiro atoms. The van der Waals surface area contributed by atoms with Gasteiger partial charge in [-0.15, -0.1) is 11.3 Å². The van der Waals surface area contributed by atoms with Gasteiger partial charge in [0.1, 0.15) is 5.69 Å². The van der Waals surface area contributed by atoms with Crippen molar-refractivity contribution in [3.8, 4) is 11.3 Å². The summed E-state index contributed by atoms with van der Waals surface area (Å²) in [5, 5.41) is 4.89. The van der Waals surface area contributed by atoms with Crippen molar-refractivity contribution < 1.29 is 4.79 Å². The summed E-state index contributed by atoms with van der Waals surface area (Å²) in [5.74, 6) is -0.320. The number of thiazole rings is 1. The Labute approximate surface area is 146 Å². The number of H-pyrrole nitrogens is 1. The fourth-order valence-corrected chi connectivity index (χ4v) is 3.05. The molecule has 6 nitrogen and oxygen atoms in total. The van der Waals surface area contributed by atoms with Crippen LogP contribution in [0.15, 0.2) is 64.9 Å². The van der Waals surface area contributed by atoms with Gasteiger partial charge in [0.15, 0.2) is 5.01 Å². The highest BCUT2D eigenvalue weighted by molar-refractivity contribution is 7.11. The Bertz CT molecular complexity index is 1120. The maximum absolute atomic E-state index is 12.5. The lowest BCUT2D eigenvalue weighted by Crippen LogP contribution is -2.15. The van der Waals surface area contributed by atoms with Crippen molar-refractivity contribution >= 4 is 34.0 Å². The van der Waals surface area contributed by atoms with Crippen molar-refractivity contribution in [2.24, 2.45) is 0 Å². The van der Waals surface area contributed by atoms with Gasteiger partial charge in [0.2, 0.25) is 0 Å². The molecule has 2 N–H and O–H groups in total. The molecule has 2 aromatic carbocycles. The molecule has 25 heavy (non-hydrogen) atoms. The number of aromatic amines is 1. The molecule has 1 amide bonds. The number of benzene rings is 2. The van der Waals surface area contributed by atoms with E-state index in [1.807, 2.05) is 18.2 Å².